The Labute approximate surface area is 358 Å². The van der Waals surface area contributed by atoms with Crippen LogP contribution in [0.1, 0.15) is 149 Å². The lowest BCUT2D eigenvalue weighted by Gasteiger charge is -2.32. The van der Waals surface area contributed by atoms with Crippen LogP contribution in [0, 0.1) is 21.7 Å². The second kappa shape index (κ2) is 22.5. The highest BCUT2D eigenvalue weighted by atomic mass is 16.2. The van der Waals surface area contributed by atoms with Gasteiger partial charge in [0.25, 0.3) is 0 Å². The monoisotopic (exact) mass is 850 g/mol. The summed E-state index contributed by atoms with van der Waals surface area (Å²) in [5.41, 5.74) is 3.89. The molecule has 0 bridgehead atoms. The molecule has 0 radical (unpaired) electrons. The fourth-order valence-electron chi connectivity index (χ4n) is 6.62. The molecule has 8 amide bonds. The van der Waals surface area contributed by atoms with Gasteiger partial charge in [0.05, 0.1) is 0 Å². The van der Waals surface area contributed by atoms with E-state index >= 15 is 0 Å². The second-order valence-corrected chi connectivity index (χ2v) is 21.3. The van der Waals surface area contributed by atoms with E-state index in [0.717, 1.165) is 0 Å². The molecule has 0 saturated carbocycles. The first-order chi connectivity index (χ1) is 27.2. The van der Waals surface area contributed by atoms with Crippen molar-refractivity contribution < 1.29 is 38.4 Å². The maximum Gasteiger partial charge on any atom is 0.243 e. The molecule has 344 valence electrons. The summed E-state index contributed by atoms with van der Waals surface area (Å²) in [6.07, 6.45) is 1.88. The van der Waals surface area contributed by atoms with Crippen molar-refractivity contribution in [1.29, 1.82) is 0 Å². The van der Waals surface area contributed by atoms with Crippen LogP contribution in [0.5, 0.6) is 0 Å². The summed E-state index contributed by atoms with van der Waals surface area (Å²) >= 11 is 0. The molecule has 0 aromatic rings. The molecule has 17 heteroatoms. The van der Waals surface area contributed by atoms with Crippen LogP contribution in [0.3, 0.4) is 0 Å². The molecular formula is C43H79N9O8. The zero-order chi connectivity index (χ0) is 46.6. The van der Waals surface area contributed by atoms with Gasteiger partial charge in [0.1, 0.15) is 48.3 Å². The van der Waals surface area contributed by atoms with Crippen molar-refractivity contribution in [3.8, 4) is 0 Å². The van der Waals surface area contributed by atoms with Gasteiger partial charge in [-0.1, -0.05) is 83.1 Å². The van der Waals surface area contributed by atoms with Crippen LogP contribution in [0.25, 0.3) is 0 Å². The molecule has 8 atom stereocenters. The van der Waals surface area contributed by atoms with Crippen molar-refractivity contribution in [3.05, 3.63) is 0 Å². The summed E-state index contributed by atoms with van der Waals surface area (Å²) in [6.45, 7) is 27.3. The number of carbonyl (C=O) groups is 8. The normalized spacial score (nSPS) is 27.2. The lowest BCUT2D eigenvalue weighted by molar-refractivity contribution is -0.137. The van der Waals surface area contributed by atoms with Gasteiger partial charge in [-0.25, -0.2) is 0 Å². The van der Waals surface area contributed by atoms with Crippen LogP contribution in [0.4, 0.5) is 0 Å². The fourth-order valence-corrected chi connectivity index (χ4v) is 6.62. The van der Waals surface area contributed by atoms with E-state index in [-0.39, 0.29) is 32.1 Å². The van der Waals surface area contributed by atoms with Crippen LogP contribution in [0.15, 0.2) is 0 Å². The third-order valence-corrected chi connectivity index (χ3v) is 9.63. The number of hydrogen-bond donors (Lipinski definition) is 9. The van der Waals surface area contributed by atoms with E-state index in [1.165, 1.54) is 20.8 Å². The standard InChI is InChI=1S/C43H79N9O8/c1-24-32(53)49-29(21-41(7,8)9)37(58)46-26(3)34(55)51-31(23-43(13,14)15)39(60)48-27(18-16-17-19-44)35(56)52-30(22-42(10,11)12)38(59)47-25(2)33(54)50-28(36(57)45-24)20-40(4,5)6/h24-31H,16-23,44H2,1-15H3,(H,45,57)(H,46,58)(H,47,59)(H,48,60)(H,49,53)(H,50,54)(H,51,55)(H,52,56)/t24-,25-,26-,27-,28+,29+,30+,31+/m0/s1. The number of nitrogens with one attached hydrogen (secondary N) is 8. The van der Waals surface area contributed by atoms with Gasteiger partial charge in [-0.3, -0.25) is 38.4 Å². The first-order valence-corrected chi connectivity index (χ1v) is 21.3. The van der Waals surface area contributed by atoms with Crippen LogP contribution in [-0.2, 0) is 38.4 Å². The van der Waals surface area contributed by atoms with Gasteiger partial charge in [0.15, 0.2) is 0 Å². The summed E-state index contributed by atoms with van der Waals surface area (Å²) in [4.78, 5) is 110. The first kappa shape index (κ1) is 53.7. The number of amides is 8. The van der Waals surface area contributed by atoms with Gasteiger partial charge in [0, 0.05) is 0 Å². The molecule has 0 aliphatic carbocycles. The largest absolute Gasteiger partial charge is 0.343 e. The van der Waals surface area contributed by atoms with Gasteiger partial charge < -0.3 is 48.3 Å². The SMILES string of the molecule is C[C@@H]1NC(=O)[C@@H](CC(C)(C)C)NC(=O)[C@H](C)NC(=O)[C@@H](CC(C)(C)C)NC(=O)[C@H](CCCCN)NC(=O)[C@@H](CC(C)(C)C)NC(=O)[C@H](C)NC(=O)[C@@H](CC(C)(C)C)NC1=O. The fraction of sp³-hybridized carbons (Fsp3) is 0.814. The average Bonchev–Trinajstić information content (AvgIpc) is 3.06. The predicted octanol–water partition coefficient (Wildman–Crippen LogP) is 1.81. The van der Waals surface area contributed by atoms with Crippen LogP contribution >= 0.6 is 0 Å². The van der Waals surface area contributed by atoms with E-state index in [2.05, 4.69) is 42.5 Å². The Balaban J connectivity index is 3.84. The average molecular weight is 850 g/mol. The minimum absolute atomic E-state index is 0.167. The molecule has 0 aromatic heterocycles. The summed E-state index contributed by atoms with van der Waals surface area (Å²) in [7, 11) is 0. The topological polar surface area (TPSA) is 259 Å². The minimum Gasteiger partial charge on any atom is -0.343 e. The minimum atomic E-state index is -1.15. The van der Waals surface area contributed by atoms with E-state index in [1.54, 1.807) is 0 Å². The summed E-state index contributed by atoms with van der Waals surface area (Å²) < 4.78 is 0. The number of unbranched alkanes of at least 4 members (excludes halogenated alkanes) is 1. The predicted molar refractivity (Wildman–Crippen MR) is 232 cm³/mol. The van der Waals surface area contributed by atoms with Crippen molar-refractivity contribution in [3.63, 3.8) is 0 Å². The lowest BCUT2D eigenvalue weighted by atomic mass is 9.87. The van der Waals surface area contributed by atoms with E-state index in [1.807, 2.05) is 83.1 Å². The van der Waals surface area contributed by atoms with Crippen molar-refractivity contribution >= 4 is 47.3 Å². The van der Waals surface area contributed by atoms with Crippen molar-refractivity contribution in [2.75, 3.05) is 6.54 Å². The Hall–Kier alpha value is -4.28. The van der Waals surface area contributed by atoms with Crippen molar-refractivity contribution in [2.24, 2.45) is 27.4 Å². The molecule has 0 aromatic carbocycles. The molecule has 0 spiro atoms. The smallest absolute Gasteiger partial charge is 0.243 e. The molecule has 1 aliphatic heterocycles. The number of nitrogens with two attached hydrogens (primary N) is 1. The maximum absolute atomic E-state index is 14.1. The van der Waals surface area contributed by atoms with E-state index < -0.39 is 117 Å². The second-order valence-electron chi connectivity index (χ2n) is 21.3. The zero-order valence-electron chi connectivity index (χ0n) is 39.1. The molecule has 1 rings (SSSR count). The van der Waals surface area contributed by atoms with E-state index in [4.69, 9.17) is 5.73 Å². The Bertz CT molecular complexity index is 1500. The van der Waals surface area contributed by atoms with Crippen LogP contribution < -0.4 is 48.3 Å². The lowest BCUT2D eigenvalue weighted by Crippen LogP contribution is -2.61. The number of carbonyl (C=O) groups excluding carboxylic acids is 8. The molecule has 17 nitrogen and oxygen atoms in total. The molecule has 1 fully saturated rings. The molecule has 1 saturated heterocycles. The summed E-state index contributed by atoms with van der Waals surface area (Å²) in [6, 6.07) is -9.06. The van der Waals surface area contributed by atoms with Gasteiger partial charge in [-0.15, -0.1) is 0 Å². The van der Waals surface area contributed by atoms with Gasteiger partial charge in [-0.2, -0.15) is 0 Å². The third-order valence-electron chi connectivity index (χ3n) is 9.63. The molecule has 60 heavy (non-hydrogen) atoms. The van der Waals surface area contributed by atoms with Gasteiger partial charge >= 0.3 is 0 Å². The summed E-state index contributed by atoms with van der Waals surface area (Å²) in [5, 5.41) is 21.8. The zero-order valence-corrected chi connectivity index (χ0v) is 39.1. The maximum atomic E-state index is 14.1. The molecular weight excluding hydrogens is 771 g/mol. The first-order valence-electron chi connectivity index (χ1n) is 21.3. The van der Waals surface area contributed by atoms with E-state index in [0.29, 0.717) is 19.4 Å². The van der Waals surface area contributed by atoms with Crippen molar-refractivity contribution in [2.45, 2.75) is 197 Å². The third kappa shape index (κ3) is 20.8. The Kier molecular flexibility index (Phi) is 20.2. The highest BCUT2D eigenvalue weighted by Gasteiger charge is 2.37. The Morgan fingerprint density at radius 3 is 0.817 bits per heavy atom. The highest BCUT2D eigenvalue weighted by Crippen LogP contribution is 2.24. The van der Waals surface area contributed by atoms with Crippen LogP contribution in [0.2, 0.25) is 0 Å². The van der Waals surface area contributed by atoms with Gasteiger partial charge in [0.2, 0.25) is 47.3 Å². The number of rotatable bonds is 8. The molecule has 10 N–H and O–H groups in total. The Morgan fingerprint density at radius 2 is 0.567 bits per heavy atom. The molecule has 0 unspecified atom stereocenters. The van der Waals surface area contributed by atoms with Crippen molar-refractivity contribution in [1.82, 2.24) is 42.5 Å². The Morgan fingerprint density at radius 1 is 0.350 bits per heavy atom. The van der Waals surface area contributed by atoms with E-state index in [9.17, 15) is 38.4 Å². The summed E-state index contributed by atoms with van der Waals surface area (Å²) in [5.74, 6) is -5.24. The van der Waals surface area contributed by atoms with Crippen LogP contribution in [-0.4, -0.2) is 102 Å². The number of hydrogen-bond acceptors (Lipinski definition) is 9. The molecule has 1 heterocycles. The quantitative estimate of drug-likeness (QED) is 0.161. The van der Waals surface area contributed by atoms with Gasteiger partial charge in [-0.05, 0) is 93.9 Å². The molecule has 1 aliphatic rings. The highest BCUT2D eigenvalue weighted by molar-refractivity contribution is 5.98.